The van der Waals surface area contributed by atoms with E-state index < -0.39 is 0 Å². The molecular weight excluding hydrogens is 204 g/mol. The number of thiocarbonyl (C=S) groups is 1. The third-order valence-electron chi connectivity index (χ3n) is 3.04. The quantitative estimate of drug-likeness (QED) is 0.679. The lowest BCUT2D eigenvalue weighted by molar-refractivity contribution is 0.167. The Hall–Kier alpha value is -0.150. The second kappa shape index (κ2) is 6.44. The summed E-state index contributed by atoms with van der Waals surface area (Å²) in [5.74, 6) is 1.67. The molecule has 1 fully saturated rings. The van der Waals surface area contributed by atoms with E-state index in [0.717, 1.165) is 24.8 Å². The number of nitrogens with two attached hydrogens (primary N) is 1. The highest BCUT2D eigenvalue weighted by atomic mass is 32.1. The van der Waals surface area contributed by atoms with Crippen molar-refractivity contribution in [1.29, 1.82) is 0 Å². The van der Waals surface area contributed by atoms with Gasteiger partial charge in [0.1, 0.15) is 0 Å². The molecule has 2 nitrogen and oxygen atoms in total. The highest BCUT2D eigenvalue weighted by molar-refractivity contribution is 7.80. The van der Waals surface area contributed by atoms with Crippen molar-refractivity contribution in [3.05, 3.63) is 0 Å². The Kier molecular flexibility index (Phi) is 5.54. The molecule has 0 aromatic rings. The number of nitrogens with zero attached hydrogens (tertiary/aromatic N) is 1. The average Bonchev–Trinajstić information content (AvgIpc) is 2.05. The SMILES string of the molecule is CC(C)CN(CCC(N)=S)CC1CCC1. The molecule has 0 bridgehead atoms. The number of hydrogen-bond acceptors (Lipinski definition) is 2. The van der Waals surface area contributed by atoms with Gasteiger partial charge in [0.2, 0.25) is 0 Å². The Balaban J connectivity index is 2.26. The molecule has 0 atom stereocenters. The fourth-order valence-corrected chi connectivity index (χ4v) is 2.17. The van der Waals surface area contributed by atoms with Gasteiger partial charge in [-0.3, -0.25) is 0 Å². The molecule has 1 aliphatic rings. The van der Waals surface area contributed by atoms with Gasteiger partial charge in [0.15, 0.2) is 0 Å². The predicted molar refractivity (Wildman–Crippen MR) is 70.0 cm³/mol. The molecule has 0 radical (unpaired) electrons. The molecule has 0 unspecified atom stereocenters. The molecule has 1 saturated carbocycles. The van der Waals surface area contributed by atoms with Crippen molar-refractivity contribution in [3.63, 3.8) is 0 Å². The Labute approximate surface area is 99.2 Å². The molecule has 0 aromatic heterocycles. The first-order valence-corrected chi connectivity index (χ1v) is 6.49. The summed E-state index contributed by atoms with van der Waals surface area (Å²) in [5.41, 5.74) is 5.55. The van der Waals surface area contributed by atoms with E-state index in [9.17, 15) is 0 Å². The van der Waals surface area contributed by atoms with E-state index in [-0.39, 0.29) is 0 Å². The summed E-state index contributed by atoms with van der Waals surface area (Å²) in [4.78, 5) is 3.19. The van der Waals surface area contributed by atoms with E-state index in [1.807, 2.05) is 0 Å². The topological polar surface area (TPSA) is 29.3 Å². The second-order valence-corrected chi connectivity index (χ2v) is 5.69. The van der Waals surface area contributed by atoms with Crippen LogP contribution in [0.5, 0.6) is 0 Å². The zero-order valence-corrected chi connectivity index (χ0v) is 10.9. The van der Waals surface area contributed by atoms with Crippen molar-refractivity contribution in [2.45, 2.75) is 39.5 Å². The highest BCUT2D eigenvalue weighted by Gasteiger charge is 2.20. The van der Waals surface area contributed by atoms with E-state index in [2.05, 4.69) is 18.7 Å². The molecule has 0 aliphatic heterocycles. The van der Waals surface area contributed by atoms with Crippen LogP contribution in [-0.4, -0.2) is 29.5 Å². The minimum absolute atomic E-state index is 0.650. The highest BCUT2D eigenvalue weighted by Crippen LogP contribution is 2.27. The number of hydrogen-bond donors (Lipinski definition) is 1. The van der Waals surface area contributed by atoms with Gasteiger partial charge in [-0.25, -0.2) is 0 Å². The van der Waals surface area contributed by atoms with E-state index in [1.165, 1.54) is 32.4 Å². The number of rotatable bonds is 7. The molecule has 2 N–H and O–H groups in total. The van der Waals surface area contributed by atoms with Crippen molar-refractivity contribution in [2.75, 3.05) is 19.6 Å². The summed E-state index contributed by atoms with van der Waals surface area (Å²) in [6.45, 7) is 8.02. The van der Waals surface area contributed by atoms with Crippen LogP contribution in [0.15, 0.2) is 0 Å². The Morgan fingerprint density at radius 3 is 2.53 bits per heavy atom. The summed E-state index contributed by atoms with van der Waals surface area (Å²) < 4.78 is 0. The minimum Gasteiger partial charge on any atom is -0.393 e. The Bertz CT molecular complexity index is 200. The summed E-state index contributed by atoms with van der Waals surface area (Å²) in [6.07, 6.45) is 5.13. The van der Waals surface area contributed by atoms with Crippen LogP contribution in [0.1, 0.15) is 39.5 Å². The third-order valence-corrected chi connectivity index (χ3v) is 3.24. The van der Waals surface area contributed by atoms with Crippen molar-refractivity contribution < 1.29 is 0 Å². The van der Waals surface area contributed by atoms with Crippen LogP contribution in [-0.2, 0) is 0 Å². The van der Waals surface area contributed by atoms with Crippen LogP contribution in [0, 0.1) is 11.8 Å². The van der Waals surface area contributed by atoms with Gasteiger partial charge in [-0.2, -0.15) is 0 Å². The van der Waals surface area contributed by atoms with Gasteiger partial charge < -0.3 is 10.6 Å². The van der Waals surface area contributed by atoms with Gasteiger partial charge in [-0.1, -0.05) is 32.5 Å². The van der Waals surface area contributed by atoms with Gasteiger partial charge in [0.25, 0.3) is 0 Å². The molecule has 15 heavy (non-hydrogen) atoms. The molecule has 0 amide bonds. The van der Waals surface area contributed by atoms with Crippen molar-refractivity contribution >= 4 is 17.2 Å². The lowest BCUT2D eigenvalue weighted by Gasteiger charge is -2.33. The maximum absolute atomic E-state index is 5.55. The first-order chi connectivity index (χ1) is 7.08. The minimum atomic E-state index is 0.650. The summed E-state index contributed by atoms with van der Waals surface area (Å²) in [7, 11) is 0. The monoisotopic (exact) mass is 228 g/mol. The lowest BCUT2D eigenvalue weighted by Crippen LogP contribution is -2.37. The largest absolute Gasteiger partial charge is 0.393 e. The molecule has 88 valence electrons. The zero-order chi connectivity index (χ0) is 11.3. The molecule has 0 spiro atoms. The molecule has 3 heteroatoms. The van der Waals surface area contributed by atoms with E-state index in [0.29, 0.717) is 4.99 Å². The molecule has 0 saturated heterocycles. The standard InChI is InChI=1S/C12H24N2S/c1-10(2)8-14(7-6-12(13)15)9-11-4-3-5-11/h10-11H,3-9H2,1-2H3,(H2,13,15). The van der Waals surface area contributed by atoms with E-state index in [1.54, 1.807) is 0 Å². The van der Waals surface area contributed by atoms with E-state index >= 15 is 0 Å². The van der Waals surface area contributed by atoms with Gasteiger partial charge >= 0.3 is 0 Å². The first-order valence-electron chi connectivity index (χ1n) is 6.08. The fourth-order valence-electron chi connectivity index (χ4n) is 2.08. The van der Waals surface area contributed by atoms with Crippen LogP contribution in [0.2, 0.25) is 0 Å². The van der Waals surface area contributed by atoms with Crippen LogP contribution >= 0.6 is 12.2 Å². The van der Waals surface area contributed by atoms with E-state index in [4.69, 9.17) is 18.0 Å². The van der Waals surface area contributed by atoms with Crippen molar-refractivity contribution in [2.24, 2.45) is 17.6 Å². The maximum Gasteiger partial charge on any atom is 0.0740 e. The maximum atomic E-state index is 5.55. The Morgan fingerprint density at radius 1 is 1.47 bits per heavy atom. The molecule has 1 rings (SSSR count). The second-order valence-electron chi connectivity index (χ2n) is 5.17. The summed E-state index contributed by atoms with van der Waals surface area (Å²) in [5, 5.41) is 0. The zero-order valence-electron chi connectivity index (χ0n) is 10.0. The smallest absolute Gasteiger partial charge is 0.0740 e. The molecule has 0 heterocycles. The summed E-state index contributed by atoms with van der Waals surface area (Å²) >= 11 is 4.93. The van der Waals surface area contributed by atoms with Gasteiger partial charge in [-0.05, 0) is 24.7 Å². The Morgan fingerprint density at radius 2 is 2.13 bits per heavy atom. The van der Waals surface area contributed by atoms with Crippen molar-refractivity contribution in [3.8, 4) is 0 Å². The molecular formula is C12H24N2S. The van der Waals surface area contributed by atoms with Crippen LogP contribution in [0.25, 0.3) is 0 Å². The normalized spacial score (nSPS) is 17.1. The average molecular weight is 228 g/mol. The molecule has 0 aromatic carbocycles. The molecule has 1 aliphatic carbocycles. The lowest BCUT2D eigenvalue weighted by atomic mass is 9.85. The first kappa shape index (κ1) is 12.9. The van der Waals surface area contributed by atoms with Gasteiger partial charge in [-0.15, -0.1) is 0 Å². The van der Waals surface area contributed by atoms with Gasteiger partial charge in [0, 0.05) is 26.1 Å². The van der Waals surface area contributed by atoms with Crippen LogP contribution < -0.4 is 5.73 Å². The summed E-state index contributed by atoms with van der Waals surface area (Å²) in [6, 6.07) is 0. The third kappa shape index (κ3) is 5.47. The van der Waals surface area contributed by atoms with Crippen molar-refractivity contribution in [1.82, 2.24) is 4.90 Å². The fraction of sp³-hybridized carbons (Fsp3) is 0.917. The van der Waals surface area contributed by atoms with Crippen LogP contribution in [0.3, 0.4) is 0 Å². The predicted octanol–water partition coefficient (Wildman–Crippen LogP) is 2.42. The van der Waals surface area contributed by atoms with Crippen LogP contribution in [0.4, 0.5) is 0 Å². The van der Waals surface area contributed by atoms with Gasteiger partial charge in [0.05, 0.1) is 4.99 Å².